The summed E-state index contributed by atoms with van der Waals surface area (Å²) in [4.78, 5) is 83.4. The Labute approximate surface area is 316 Å². The first-order valence-corrected chi connectivity index (χ1v) is 22.1. The maximum absolute atomic E-state index is 15.0. The highest BCUT2D eigenvalue weighted by atomic mass is 32.2. The number of ketones is 1. The van der Waals surface area contributed by atoms with Crippen molar-refractivity contribution in [3.63, 3.8) is 0 Å². The predicted octanol–water partition coefficient (Wildman–Crippen LogP) is 4.48. The van der Waals surface area contributed by atoms with Gasteiger partial charge in [0.05, 0.1) is 21.1 Å². The molecule has 0 aromatic heterocycles. The van der Waals surface area contributed by atoms with Gasteiger partial charge >= 0.3 is 6.03 Å². The molecule has 5 fully saturated rings. The van der Waals surface area contributed by atoms with Crippen LogP contribution < -0.4 is 21.3 Å². The van der Waals surface area contributed by atoms with Crippen LogP contribution in [0, 0.1) is 23.2 Å². The van der Waals surface area contributed by atoms with Crippen LogP contribution in [0.2, 0.25) is 0 Å². The molecule has 2 unspecified atom stereocenters. The van der Waals surface area contributed by atoms with Crippen LogP contribution in [0.5, 0.6) is 0 Å². The van der Waals surface area contributed by atoms with Crippen molar-refractivity contribution >= 4 is 44.3 Å². The van der Waals surface area contributed by atoms with Crippen molar-refractivity contribution in [3.8, 4) is 0 Å². The first kappa shape index (κ1) is 41.2. The Balaban J connectivity index is 1.41. The molecule has 1 heterocycles. The van der Waals surface area contributed by atoms with Crippen LogP contribution in [0.15, 0.2) is 0 Å². The quantitative estimate of drug-likeness (QED) is 0.158. The van der Waals surface area contributed by atoms with Crippen LogP contribution in [0.3, 0.4) is 0 Å². The molecule has 6 atom stereocenters. The van der Waals surface area contributed by atoms with Crippen molar-refractivity contribution < 1.29 is 33.0 Å². The number of nitrogens with zero attached hydrogens (tertiary/aromatic N) is 1. The molecule has 4 aliphatic carbocycles. The predicted molar refractivity (Wildman–Crippen MR) is 205 cm³/mol. The second kappa shape index (κ2) is 16.4. The molecule has 0 bridgehead atoms. The van der Waals surface area contributed by atoms with Crippen molar-refractivity contribution in [3.05, 3.63) is 0 Å². The summed E-state index contributed by atoms with van der Waals surface area (Å²) in [5.74, 6) is -2.29. The average Bonchev–Trinajstić information content (AvgIpc) is 3.76. The van der Waals surface area contributed by atoms with E-state index in [1.165, 1.54) is 0 Å². The van der Waals surface area contributed by atoms with E-state index in [-0.39, 0.29) is 40.9 Å². The lowest BCUT2D eigenvalue weighted by atomic mass is 9.79. The molecular weight excluding hydrogens is 695 g/mol. The Morgan fingerprint density at radius 3 is 2.11 bits per heavy atom. The van der Waals surface area contributed by atoms with Crippen molar-refractivity contribution in [1.82, 2.24) is 26.2 Å². The first-order chi connectivity index (χ1) is 24.9. The number of fused-ring (bicyclic) bond motifs is 1. The van der Waals surface area contributed by atoms with E-state index in [2.05, 4.69) is 35.1 Å². The summed E-state index contributed by atoms with van der Waals surface area (Å²) in [6, 6.07) is -3.25. The van der Waals surface area contributed by atoms with Crippen molar-refractivity contribution in [2.24, 2.45) is 23.2 Å². The van der Waals surface area contributed by atoms with Gasteiger partial charge in [0.25, 0.3) is 5.91 Å². The normalized spacial score (nSPS) is 27.7. The largest absolute Gasteiger partial charge is 0.347 e. The van der Waals surface area contributed by atoms with E-state index in [0.29, 0.717) is 32.2 Å². The lowest BCUT2D eigenvalue weighted by molar-refractivity contribution is -0.144. The highest BCUT2D eigenvalue weighted by molar-refractivity contribution is 8.01. The number of carbonyl (C=O) groups is 5. The fraction of sp³-hybridized carbons (Fsp3) is 0.850. The van der Waals surface area contributed by atoms with E-state index in [0.717, 1.165) is 77.0 Å². The van der Waals surface area contributed by atoms with Gasteiger partial charge in [-0.05, 0) is 102 Å². The van der Waals surface area contributed by atoms with Crippen LogP contribution in [-0.2, 0) is 33.5 Å². The lowest BCUT2D eigenvalue weighted by Crippen LogP contribution is -2.63. The zero-order chi connectivity index (χ0) is 38.8. The van der Waals surface area contributed by atoms with Crippen molar-refractivity contribution in [2.75, 3.05) is 12.3 Å². The minimum Gasteiger partial charge on any atom is -0.347 e. The molecule has 12 nitrogen and oxygen atoms in total. The molecule has 4 N–H and O–H groups in total. The summed E-state index contributed by atoms with van der Waals surface area (Å²) < 4.78 is 13.1. The lowest BCUT2D eigenvalue weighted by Gasteiger charge is -2.41. The van der Waals surface area contributed by atoms with E-state index in [4.69, 9.17) is 0 Å². The van der Waals surface area contributed by atoms with Gasteiger partial charge in [-0.3, -0.25) is 23.4 Å². The molecule has 298 valence electrons. The molecule has 0 radical (unpaired) electrons. The number of amides is 5. The number of hydrogen-bond donors (Lipinski definition) is 4. The van der Waals surface area contributed by atoms with Crippen LogP contribution in [0.4, 0.5) is 4.79 Å². The fourth-order valence-corrected chi connectivity index (χ4v) is 11.5. The van der Waals surface area contributed by atoms with Crippen molar-refractivity contribution in [1.29, 1.82) is 0 Å². The first-order valence-electron chi connectivity index (χ1n) is 20.4. The van der Waals surface area contributed by atoms with E-state index in [1.807, 2.05) is 12.2 Å². The van der Waals surface area contributed by atoms with E-state index >= 15 is 0 Å². The topological polar surface area (TPSA) is 171 Å². The van der Waals surface area contributed by atoms with Gasteiger partial charge in [-0.1, -0.05) is 65.7 Å². The Hall–Kier alpha value is -2.92. The number of nitrogens with one attached hydrogen (secondary N) is 4. The summed E-state index contributed by atoms with van der Waals surface area (Å²) in [6.07, 6.45) is 12.4. The molecule has 5 amide bonds. The smallest absolute Gasteiger partial charge is 0.315 e. The van der Waals surface area contributed by atoms with Gasteiger partial charge < -0.3 is 26.2 Å². The summed E-state index contributed by atoms with van der Waals surface area (Å²) in [5, 5.41) is 13.7. The number of likely N-dealkylation sites (tertiary alicyclic amines) is 1. The second-order valence-electron chi connectivity index (χ2n) is 18.5. The standard InChI is InChI=1S/C40H65N5O7S/c1-7-14-30(33(47)35(49)41-27-17-18-27)42-34(48)32-28-19-22-39(5,6)29(28)23-45(32)36(50)31(26-15-10-8-11-16-26)43-37(51)44-40(20-12-9-13-21-40)24-53(52,25-46)38(2,3)4/h26-32H,7-24H2,1-6H3,(H,41,49)(H,42,48)(H2,43,44,51)/t28-,29-,30?,31-,32-,53?/m0/s1. The Kier molecular flexibility index (Phi) is 12.8. The molecule has 5 rings (SSSR count). The van der Waals surface area contributed by atoms with Gasteiger partial charge in [-0.25, -0.2) is 9.59 Å². The molecule has 4 saturated carbocycles. The zero-order valence-corrected chi connectivity index (χ0v) is 33.8. The number of hydrogen-bond acceptors (Lipinski definition) is 7. The highest BCUT2D eigenvalue weighted by Crippen LogP contribution is 2.53. The third-order valence-corrected chi connectivity index (χ3v) is 16.3. The molecular formula is C40H65N5O7S. The third-order valence-electron chi connectivity index (χ3n) is 13.1. The Morgan fingerprint density at radius 2 is 1.53 bits per heavy atom. The van der Waals surface area contributed by atoms with Crippen LogP contribution in [-0.4, -0.2) is 90.6 Å². The number of rotatable bonds is 13. The van der Waals surface area contributed by atoms with Crippen molar-refractivity contribution in [2.45, 2.75) is 179 Å². The number of Topliss-reactive ketones (excluding diaryl/α,β-unsaturated/α-hetero) is 1. The highest BCUT2D eigenvalue weighted by Gasteiger charge is 2.57. The molecule has 5 aliphatic rings. The Bertz CT molecular complexity index is 1540. The zero-order valence-electron chi connectivity index (χ0n) is 33.0. The molecule has 0 spiro atoms. The minimum absolute atomic E-state index is 0.00833. The maximum atomic E-state index is 15.0. The van der Waals surface area contributed by atoms with Gasteiger partial charge in [-0.15, -0.1) is 0 Å². The summed E-state index contributed by atoms with van der Waals surface area (Å²) in [6.45, 7) is 11.9. The average molecular weight is 760 g/mol. The van der Waals surface area contributed by atoms with Crippen LogP contribution in [0.1, 0.15) is 144 Å². The SMILES string of the molecule is CCCC(NC(=O)[C@@H]1[C@H]2CCC(C)(C)[C@H]2CN1C(=O)[C@@H](NC(=O)NC1(CS(=O)(=C=O)C(C)(C)C)CCCCC1)C1CCCCC1)C(=O)C(=O)NC1CC1. The monoisotopic (exact) mass is 759 g/mol. The van der Waals surface area contributed by atoms with Gasteiger partial charge in [0.15, 0.2) is 5.23 Å². The number of carbonyl (C=O) groups excluding carboxylic acids is 6. The molecule has 13 heteroatoms. The molecule has 0 aromatic carbocycles. The van der Waals surface area contributed by atoms with Gasteiger partial charge in [-0.2, -0.15) is 0 Å². The van der Waals surface area contributed by atoms with Gasteiger partial charge in [0, 0.05) is 23.1 Å². The minimum atomic E-state index is -3.11. The molecule has 1 saturated heterocycles. The van der Waals surface area contributed by atoms with E-state index < -0.39 is 61.6 Å². The van der Waals surface area contributed by atoms with E-state index in [9.17, 15) is 33.0 Å². The summed E-state index contributed by atoms with van der Waals surface area (Å²) in [5.41, 5.74) is -0.997. The molecule has 0 aromatic rings. The van der Waals surface area contributed by atoms with Gasteiger partial charge in [0.1, 0.15) is 12.1 Å². The maximum Gasteiger partial charge on any atom is 0.315 e. The fourth-order valence-electron chi connectivity index (χ4n) is 9.58. The summed E-state index contributed by atoms with van der Waals surface area (Å²) >= 11 is 0. The molecule has 1 aliphatic heterocycles. The Morgan fingerprint density at radius 1 is 0.887 bits per heavy atom. The molecule has 53 heavy (non-hydrogen) atoms. The summed E-state index contributed by atoms with van der Waals surface area (Å²) in [7, 11) is -3.11. The van der Waals surface area contributed by atoms with E-state index in [1.54, 1.807) is 25.7 Å². The van der Waals surface area contributed by atoms with Crippen LogP contribution >= 0.6 is 0 Å². The number of urea groups is 1. The third kappa shape index (κ3) is 9.31. The van der Waals surface area contributed by atoms with Gasteiger partial charge in [0.2, 0.25) is 17.6 Å². The van der Waals surface area contributed by atoms with Crippen LogP contribution in [0.25, 0.3) is 0 Å². The second-order valence-corrected chi connectivity index (χ2v) is 21.6.